The Morgan fingerprint density at radius 1 is 1.07 bits per heavy atom. The number of aromatic amines is 1. The van der Waals surface area contributed by atoms with Crippen molar-refractivity contribution in [3.63, 3.8) is 0 Å². The Bertz CT molecular complexity index is 1310. The zero-order valence-electron chi connectivity index (χ0n) is 21.1. The number of benzene rings is 2. The van der Waals surface area contributed by atoms with Crippen molar-refractivity contribution in [2.45, 2.75) is 62.5 Å². The Balaban J connectivity index is 1.41. The number of alkyl halides is 6. The number of carbonyl (C=O) groups excluding carboxylic acids is 1. The normalized spacial score (nSPS) is 24.0. The molecular weight excluding hydrogens is 545 g/mol. The van der Waals surface area contributed by atoms with Crippen LogP contribution in [0.25, 0.3) is 0 Å². The van der Waals surface area contributed by atoms with Crippen LogP contribution in [-0.4, -0.2) is 45.7 Å². The Labute approximate surface area is 224 Å². The number of nitrogens with one attached hydrogen (secondary N) is 2. The number of H-pyrrole nitrogens is 1. The Morgan fingerprint density at radius 3 is 2.30 bits per heavy atom. The van der Waals surface area contributed by atoms with Gasteiger partial charge in [-0.1, -0.05) is 12.1 Å². The smallest absolute Gasteiger partial charge is 0.368 e. The van der Waals surface area contributed by atoms with Gasteiger partial charge in [0.2, 0.25) is 5.91 Å². The number of halogens is 7. The summed E-state index contributed by atoms with van der Waals surface area (Å²) in [4.78, 5) is 14.9. The molecule has 214 valence electrons. The summed E-state index contributed by atoms with van der Waals surface area (Å²) in [6, 6.07) is 6.08. The number of ether oxygens (including phenoxy) is 1. The molecule has 2 aliphatic rings. The number of aromatic nitrogens is 2. The van der Waals surface area contributed by atoms with E-state index in [9.17, 15) is 35.5 Å². The molecule has 0 radical (unpaired) electrons. The fraction of sp³-hybridized carbons (Fsp3) is 0.407. The van der Waals surface area contributed by atoms with Crippen molar-refractivity contribution >= 4 is 5.91 Å². The molecule has 5 atom stereocenters. The van der Waals surface area contributed by atoms with Gasteiger partial charge in [-0.3, -0.25) is 9.89 Å². The van der Waals surface area contributed by atoms with E-state index >= 15 is 0 Å². The zero-order chi connectivity index (χ0) is 28.8. The van der Waals surface area contributed by atoms with Crippen molar-refractivity contribution in [2.75, 3.05) is 6.54 Å². The van der Waals surface area contributed by atoms with Gasteiger partial charge >= 0.3 is 12.4 Å². The number of amides is 1. The molecule has 2 aromatic carbocycles. The van der Waals surface area contributed by atoms with E-state index in [1.54, 1.807) is 29.4 Å². The molecule has 0 saturated carbocycles. The molecule has 6 nitrogen and oxygen atoms in total. The molecule has 2 N–H and O–H groups in total. The summed E-state index contributed by atoms with van der Waals surface area (Å²) in [7, 11) is 0. The van der Waals surface area contributed by atoms with Crippen LogP contribution in [0.2, 0.25) is 0 Å². The van der Waals surface area contributed by atoms with Gasteiger partial charge in [0.05, 0.1) is 35.6 Å². The minimum Gasteiger partial charge on any atom is -0.368 e. The number of fused-ring (bicyclic) bond motifs is 1. The van der Waals surface area contributed by atoms with Gasteiger partial charge in [0.15, 0.2) is 0 Å². The third kappa shape index (κ3) is 5.71. The molecular formula is C27H25F7N4O2. The quantitative estimate of drug-likeness (QED) is 0.364. The zero-order valence-corrected chi connectivity index (χ0v) is 21.1. The molecule has 1 amide bonds. The summed E-state index contributed by atoms with van der Waals surface area (Å²) in [6.07, 6.45) is -8.21. The van der Waals surface area contributed by atoms with Crippen LogP contribution in [0.5, 0.6) is 0 Å². The van der Waals surface area contributed by atoms with Crippen LogP contribution < -0.4 is 5.32 Å². The fourth-order valence-electron chi connectivity index (χ4n) is 5.54. The lowest BCUT2D eigenvalue weighted by Crippen LogP contribution is -2.39. The largest absolute Gasteiger partial charge is 0.416 e. The molecule has 2 fully saturated rings. The molecule has 3 heterocycles. The first-order valence-corrected chi connectivity index (χ1v) is 12.5. The summed E-state index contributed by atoms with van der Waals surface area (Å²) in [5, 5.41) is 9.76. The van der Waals surface area contributed by atoms with E-state index in [-0.39, 0.29) is 30.1 Å². The van der Waals surface area contributed by atoms with Gasteiger partial charge in [-0.2, -0.15) is 31.4 Å². The average Bonchev–Trinajstić information content (AvgIpc) is 3.60. The van der Waals surface area contributed by atoms with E-state index < -0.39 is 53.5 Å². The van der Waals surface area contributed by atoms with E-state index in [0.717, 1.165) is 5.56 Å². The average molecular weight is 571 g/mol. The minimum atomic E-state index is -4.99. The van der Waals surface area contributed by atoms with Crippen molar-refractivity contribution in [3.05, 3.63) is 88.5 Å². The van der Waals surface area contributed by atoms with Crippen LogP contribution in [0.3, 0.4) is 0 Å². The molecule has 0 aliphatic carbocycles. The van der Waals surface area contributed by atoms with Gasteiger partial charge in [0, 0.05) is 36.8 Å². The molecule has 0 bridgehead atoms. The molecule has 0 spiro atoms. The highest BCUT2D eigenvalue weighted by Gasteiger charge is 2.52. The van der Waals surface area contributed by atoms with Crippen LogP contribution in [0.1, 0.15) is 53.2 Å². The molecule has 40 heavy (non-hydrogen) atoms. The predicted molar refractivity (Wildman–Crippen MR) is 128 cm³/mol. The maximum atomic E-state index is 13.7. The van der Waals surface area contributed by atoms with Gasteiger partial charge in [-0.25, -0.2) is 4.39 Å². The number of carbonyl (C=O) groups is 1. The van der Waals surface area contributed by atoms with Crippen molar-refractivity contribution in [2.24, 2.45) is 0 Å². The number of rotatable bonds is 7. The topological polar surface area (TPSA) is 70.2 Å². The van der Waals surface area contributed by atoms with Crippen LogP contribution in [0.4, 0.5) is 30.7 Å². The number of hydrogen-bond donors (Lipinski definition) is 2. The van der Waals surface area contributed by atoms with Crippen molar-refractivity contribution < 1.29 is 40.3 Å². The second-order valence-corrected chi connectivity index (χ2v) is 10.1. The van der Waals surface area contributed by atoms with Crippen LogP contribution in [0.15, 0.2) is 54.9 Å². The SMILES string of the molecule is C[C@@H](O[C@H]1CN2C(=O)C(NCc3cn[nH]c3)CC2[C@@H]1c1ccc(F)cc1)c1cc(C(F)(F)F)cc(C(F)(F)F)c1. The monoisotopic (exact) mass is 570 g/mol. The Hall–Kier alpha value is -3.45. The van der Waals surface area contributed by atoms with Gasteiger partial charge in [-0.15, -0.1) is 0 Å². The van der Waals surface area contributed by atoms with Gasteiger partial charge < -0.3 is 15.0 Å². The summed E-state index contributed by atoms with van der Waals surface area (Å²) in [5.41, 5.74) is -1.66. The number of hydrogen-bond acceptors (Lipinski definition) is 4. The maximum Gasteiger partial charge on any atom is 0.416 e. The lowest BCUT2D eigenvalue weighted by molar-refractivity contribution is -0.143. The van der Waals surface area contributed by atoms with Crippen molar-refractivity contribution in [3.8, 4) is 0 Å². The molecule has 5 rings (SSSR count). The summed E-state index contributed by atoms with van der Waals surface area (Å²) in [5.74, 6) is -1.16. The third-order valence-corrected chi connectivity index (χ3v) is 7.47. The lowest BCUT2D eigenvalue weighted by atomic mass is 9.87. The minimum absolute atomic E-state index is 0.0680. The first kappa shape index (κ1) is 28.1. The second kappa shape index (κ2) is 10.5. The standard InChI is InChI=1S/C27H25F7N4O2/c1-14(17-6-18(26(29,30)31)8-19(7-17)27(32,33)34)40-23-13-38-22(24(23)16-2-4-20(28)5-3-16)9-21(25(38)39)35-10-15-11-36-37-12-15/h2-8,11-12,14,21-24,35H,9-10,13H2,1H3,(H,36,37)/t14-,21?,22?,23+,24+/m1/s1. The summed E-state index contributed by atoms with van der Waals surface area (Å²) in [6.45, 7) is 1.84. The van der Waals surface area contributed by atoms with E-state index in [1.165, 1.54) is 19.1 Å². The van der Waals surface area contributed by atoms with Crippen LogP contribution in [-0.2, 0) is 28.4 Å². The molecule has 13 heteroatoms. The van der Waals surface area contributed by atoms with Crippen LogP contribution >= 0.6 is 0 Å². The molecule has 1 aromatic heterocycles. The van der Waals surface area contributed by atoms with E-state index in [0.29, 0.717) is 30.7 Å². The first-order valence-electron chi connectivity index (χ1n) is 12.5. The van der Waals surface area contributed by atoms with E-state index in [1.807, 2.05) is 0 Å². The highest BCUT2D eigenvalue weighted by molar-refractivity contribution is 5.85. The number of nitrogens with zero attached hydrogens (tertiary/aromatic N) is 2. The highest BCUT2D eigenvalue weighted by atomic mass is 19.4. The van der Waals surface area contributed by atoms with Gasteiger partial charge in [0.25, 0.3) is 0 Å². The van der Waals surface area contributed by atoms with E-state index in [4.69, 9.17) is 4.74 Å². The molecule has 3 aromatic rings. The highest BCUT2D eigenvalue weighted by Crippen LogP contribution is 2.44. The third-order valence-electron chi connectivity index (χ3n) is 7.47. The summed E-state index contributed by atoms with van der Waals surface area (Å²) < 4.78 is 100. The molecule has 2 unspecified atom stereocenters. The lowest BCUT2D eigenvalue weighted by Gasteiger charge is -2.27. The van der Waals surface area contributed by atoms with Gasteiger partial charge in [-0.05, 0) is 54.8 Å². The maximum absolute atomic E-state index is 13.7. The van der Waals surface area contributed by atoms with Gasteiger partial charge in [0.1, 0.15) is 5.82 Å². The molecule has 2 saturated heterocycles. The fourth-order valence-corrected chi connectivity index (χ4v) is 5.54. The first-order chi connectivity index (χ1) is 18.8. The van der Waals surface area contributed by atoms with Crippen molar-refractivity contribution in [1.29, 1.82) is 0 Å². The molecule has 2 aliphatic heterocycles. The van der Waals surface area contributed by atoms with E-state index in [2.05, 4.69) is 15.5 Å². The second-order valence-electron chi connectivity index (χ2n) is 10.1. The summed E-state index contributed by atoms with van der Waals surface area (Å²) >= 11 is 0. The Kier molecular flexibility index (Phi) is 7.38. The predicted octanol–water partition coefficient (Wildman–Crippen LogP) is 5.59. The van der Waals surface area contributed by atoms with Crippen molar-refractivity contribution in [1.82, 2.24) is 20.4 Å². The van der Waals surface area contributed by atoms with Crippen LogP contribution in [0, 0.1) is 5.82 Å². The Morgan fingerprint density at radius 2 is 1.73 bits per heavy atom.